The van der Waals surface area contributed by atoms with E-state index in [1.165, 1.54) is 22.5 Å². The molecule has 0 bridgehead atoms. The van der Waals surface area contributed by atoms with Crippen LogP contribution in [0, 0.1) is 0 Å². The van der Waals surface area contributed by atoms with Gasteiger partial charge in [-0.3, -0.25) is 0 Å². The number of hydrogen-bond donors (Lipinski definition) is 1. The standard InChI is InChI=1S/C16H18N2O/c17-19-12-11-18-15-7-3-1-5-13(15)9-10-14-6-2-4-8-16(14)18/h1-8H,9-12,17H2. The summed E-state index contributed by atoms with van der Waals surface area (Å²) in [6.07, 6.45) is 2.15. The van der Waals surface area contributed by atoms with E-state index >= 15 is 0 Å². The first-order valence-corrected chi connectivity index (χ1v) is 6.65. The zero-order chi connectivity index (χ0) is 13.1. The topological polar surface area (TPSA) is 38.5 Å². The van der Waals surface area contributed by atoms with Crippen LogP contribution in [0.1, 0.15) is 11.1 Å². The summed E-state index contributed by atoms with van der Waals surface area (Å²) >= 11 is 0. The molecule has 0 aromatic heterocycles. The average Bonchev–Trinajstić information content (AvgIpc) is 2.62. The number of nitrogens with two attached hydrogens (primary N) is 1. The smallest absolute Gasteiger partial charge is 0.0858 e. The second-order valence-corrected chi connectivity index (χ2v) is 4.78. The van der Waals surface area contributed by atoms with Crippen molar-refractivity contribution in [2.75, 3.05) is 18.1 Å². The summed E-state index contributed by atoms with van der Waals surface area (Å²) in [6, 6.07) is 17.1. The van der Waals surface area contributed by atoms with Gasteiger partial charge in [-0.05, 0) is 36.1 Å². The van der Waals surface area contributed by atoms with Crippen molar-refractivity contribution >= 4 is 11.4 Å². The van der Waals surface area contributed by atoms with Gasteiger partial charge >= 0.3 is 0 Å². The molecule has 3 heteroatoms. The molecule has 0 unspecified atom stereocenters. The van der Waals surface area contributed by atoms with Crippen molar-refractivity contribution in [3.63, 3.8) is 0 Å². The van der Waals surface area contributed by atoms with E-state index in [9.17, 15) is 0 Å². The summed E-state index contributed by atoms with van der Waals surface area (Å²) in [7, 11) is 0. The third-order valence-electron chi connectivity index (χ3n) is 3.66. The minimum Gasteiger partial charge on any atom is -0.339 e. The molecule has 3 nitrogen and oxygen atoms in total. The minimum absolute atomic E-state index is 0.517. The van der Waals surface area contributed by atoms with Gasteiger partial charge in [-0.25, -0.2) is 5.90 Å². The molecule has 1 aliphatic heterocycles. The van der Waals surface area contributed by atoms with Gasteiger partial charge in [0.05, 0.1) is 6.61 Å². The highest BCUT2D eigenvalue weighted by Gasteiger charge is 2.19. The first kappa shape index (κ1) is 12.2. The molecule has 0 radical (unpaired) electrons. The van der Waals surface area contributed by atoms with E-state index in [-0.39, 0.29) is 0 Å². The Balaban J connectivity index is 2.08. The van der Waals surface area contributed by atoms with E-state index in [0.717, 1.165) is 19.4 Å². The van der Waals surface area contributed by atoms with Gasteiger partial charge in [0.25, 0.3) is 0 Å². The van der Waals surface area contributed by atoms with E-state index < -0.39 is 0 Å². The molecule has 0 saturated heterocycles. The van der Waals surface area contributed by atoms with Crippen molar-refractivity contribution in [3.05, 3.63) is 59.7 Å². The van der Waals surface area contributed by atoms with Gasteiger partial charge in [0, 0.05) is 17.9 Å². The lowest BCUT2D eigenvalue weighted by molar-refractivity contribution is 0.146. The molecule has 0 atom stereocenters. The van der Waals surface area contributed by atoms with Crippen LogP contribution >= 0.6 is 0 Å². The average molecular weight is 254 g/mol. The summed E-state index contributed by atoms with van der Waals surface area (Å²) in [5.74, 6) is 5.20. The van der Waals surface area contributed by atoms with Gasteiger partial charge < -0.3 is 9.74 Å². The van der Waals surface area contributed by atoms with Crippen LogP contribution in [0.4, 0.5) is 11.4 Å². The molecule has 2 aromatic carbocycles. The largest absolute Gasteiger partial charge is 0.339 e. The lowest BCUT2D eigenvalue weighted by Crippen LogP contribution is -2.24. The number of para-hydroxylation sites is 2. The number of benzene rings is 2. The Morgan fingerprint density at radius 2 is 1.42 bits per heavy atom. The van der Waals surface area contributed by atoms with Gasteiger partial charge in [-0.2, -0.15) is 0 Å². The highest BCUT2D eigenvalue weighted by atomic mass is 16.6. The lowest BCUT2D eigenvalue weighted by Gasteiger charge is -2.26. The maximum atomic E-state index is 5.20. The Labute approximate surface area is 113 Å². The molecule has 0 fully saturated rings. The normalized spacial score (nSPS) is 13.6. The van der Waals surface area contributed by atoms with Gasteiger partial charge in [0.15, 0.2) is 0 Å². The molecule has 1 aliphatic rings. The Morgan fingerprint density at radius 3 is 1.95 bits per heavy atom. The Bertz CT molecular complexity index is 521. The quantitative estimate of drug-likeness (QED) is 0.856. The predicted molar refractivity (Wildman–Crippen MR) is 77.4 cm³/mol. The number of hydrogen-bond acceptors (Lipinski definition) is 3. The Kier molecular flexibility index (Phi) is 3.49. The van der Waals surface area contributed by atoms with Crippen LogP contribution in [-0.2, 0) is 17.7 Å². The van der Waals surface area contributed by atoms with Gasteiger partial charge in [-0.1, -0.05) is 36.4 Å². The number of nitrogens with zero attached hydrogens (tertiary/aromatic N) is 1. The molecule has 19 heavy (non-hydrogen) atoms. The van der Waals surface area contributed by atoms with Crippen molar-refractivity contribution < 1.29 is 4.84 Å². The first-order valence-electron chi connectivity index (χ1n) is 6.65. The Hall–Kier alpha value is -1.84. The molecule has 98 valence electrons. The van der Waals surface area contributed by atoms with E-state index in [1.54, 1.807) is 0 Å². The zero-order valence-corrected chi connectivity index (χ0v) is 10.9. The molecule has 3 rings (SSSR count). The molecule has 0 spiro atoms. The summed E-state index contributed by atoms with van der Waals surface area (Å²) in [4.78, 5) is 7.08. The highest BCUT2D eigenvalue weighted by molar-refractivity contribution is 5.71. The fourth-order valence-corrected chi connectivity index (χ4v) is 2.76. The number of rotatable bonds is 3. The van der Waals surface area contributed by atoms with Gasteiger partial charge in [-0.15, -0.1) is 0 Å². The molecule has 2 N–H and O–H groups in total. The van der Waals surface area contributed by atoms with Gasteiger partial charge in [0.2, 0.25) is 0 Å². The molecular weight excluding hydrogens is 236 g/mol. The number of anilines is 2. The van der Waals surface area contributed by atoms with Crippen molar-refractivity contribution in [1.29, 1.82) is 0 Å². The van der Waals surface area contributed by atoms with Crippen LogP contribution < -0.4 is 10.8 Å². The first-order chi connectivity index (χ1) is 9.40. The third-order valence-corrected chi connectivity index (χ3v) is 3.66. The summed E-state index contributed by atoms with van der Waals surface area (Å²) < 4.78 is 0. The van der Waals surface area contributed by atoms with Crippen molar-refractivity contribution in [1.82, 2.24) is 0 Å². The fourth-order valence-electron chi connectivity index (χ4n) is 2.76. The summed E-state index contributed by atoms with van der Waals surface area (Å²) in [5, 5.41) is 0. The predicted octanol–water partition coefficient (Wildman–Crippen LogP) is 2.81. The third kappa shape index (κ3) is 2.35. The molecular formula is C16H18N2O. The molecule has 0 aliphatic carbocycles. The SMILES string of the molecule is NOCCN1c2ccccc2CCc2ccccc21. The molecule has 0 amide bonds. The highest BCUT2D eigenvalue weighted by Crippen LogP contribution is 2.35. The van der Waals surface area contributed by atoms with Crippen LogP contribution in [0.2, 0.25) is 0 Å². The van der Waals surface area contributed by atoms with Crippen LogP contribution in [0.25, 0.3) is 0 Å². The van der Waals surface area contributed by atoms with E-state index in [1.807, 2.05) is 0 Å². The maximum Gasteiger partial charge on any atom is 0.0858 e. The van der Waals surface area contributed by atoms with Crippen LogP contribution in [0.3, 0.4) is 0 Å². The fraction of sp³-hybridized carbons (Fsp3) is 0.250. The molecule has 2 aromatic rings. The molecule has 1 heterocycles. The Morgan fingerprint density at radius 1 is 0.895 bits per heavy atom. The van der Waals surface area contributed by atoms with E-state index in [4.69, 9.17) is 10.7 Å². The van der Waals surface area contributed by atoms with Crippen LogP contribution in [-0.4, -0.2) is 13.2 Å². The molecule has 0 saturated carbocycles. The number of fused-ring (bicyclic) bond motifs is 2. The van der Waals surface area contributed by atoms with E-state index in [0.29, 0.717) is 6.61 Å². The van der Waals surface area contributed by atoms with Crippen molar-refractivity contribution in [2.45, 2.75) is 12.8 Å². The van der Waals surface area contributed by atoms with Crippen molar-refractivity contribution in [2.24, 2.45) is 5.90 Å². The summed E-state index contributed by atoms with van der Waals surface area (Å²) in [5.41, 5.74) is 5.31. The number of aryl methyl sites for hydroxylation is 2. The maximum absolute atomic E-state index is 5.20. The van der Waals surface area contributed by atoms with Crippen LogP contribution in [0.5, 0.6) is 0 Å². The second-order valence-electron chi connectivity index (χ2n) is 4.78. The zero-order valence-electron chi connectivity index (χ0n) is 10.9. The lowest BCUT2D eigenvalue weighted by atomic mass is 10.0. The van der Waals surface area contributed by atoms with Crippen LogP contribution in [0.15, 0.2) is 48.5 Å². The van der Waals surface area contributed by atoms with E-state index in [2.05, 4.69) is 53.4 Å². The van der Waals surface area contributed by atoms with Crippen molar-refractivity contribution in [3.8, 4) is 0 Å². The van der Waals surface area contributed by atoms with Gasteiger partial charge in [0.1, 0.15) is 0 Å². The summed E-state index contributed by atoms with van der Waals surface area (Å²) in [6.45, 7) is 1.28. The monoisotopic (exact) mass is 254 g/mol. The minimum atomic E-state index is 0.517. The second kappa shape index (κ2) is 5.43.